The normalized spacial score (nSPS) is 15.2. The van der Waals surface area contributed by atoms with E-state index in [1.54, 1.807) is 6.07 Å². The number of aliphatic hydroxyl groups is 1. The molecule has 0 saturated carbocycles. The van der Waals surface area contributed by atoms with Crippen LogP contribution < -0.4 is 0 Å². The number of hydrogen-bond donors (Lipinski definition) is 1. The zero-order valence-corrected chi connectivity index (χ0v) is 10.6. The Kier molecular flexibility index (Phi) is 4.42. The fourth-order valence-corrected chi connectivity index (χ4v) is 1.76. The highest BCUT2D eigenvalue weighted by Gasteiger charge is 2.15. The Balaban J connectivity index is 2.91. The molecule has 1 aromatic carbocycles. The smallest absolute Gasteiger partial charge is 0.0815 e. The van der Waals surface area contributed by atoms with Crippen LogP contribution >= 0.6 is 27.5 Å². The lowest BCUT2D eigenvalue weighted by Gasteiger charge is -2.17. The molecule has 0 heterocycles. The Morgan fingerprint density at radius 2 is 2.14 bits per heavy atom. The molecular formula is C11H14BrClO. The predicted molar refractivity (Wildman–Crippen MR) is 63.6 cm³/mol. The van der Waals surface area contributed by atoms with E-state index in [-0.39, 0.29) is 5.92 Å². The van der Waals surface area contributed by atoms with Gasteiger partial charge in [0.05, 0.1) is 11.1 Å². The molecule has 0 saturated heterocycles. The lowest BCUT2D eigenvalue weighted by atomic mass is 9.95. The first kappa shape index (κ1) is 12.0. The summed E-state index contributed by atoms with van der Waals surface area (Å²) in [4.78, 5) is 0. The van der Waals surface area contributed by atoms with Gasteiger partial charge >= 0.3 is 0 Å². The van der Waals surface area contributed by atoms with Crippen molar-refractivity contribution >= 4 is 27.5 Å². The van der Waals surface area contributed by atoms with Gasteiger partial charge in [-0.15, -0.1) is 0 Å². The summed E-state index contributed by atoms with van der Waals surface area (Å²) in [5.74, 6) is 0.267. The summed E-state index contributed by atoms with van der Waals surface area (Å²) in [5, 5.41) is 10.6. The maximum atomic E-state index is 9.94. The quantitative estimate of drug-likeness (QED) is 0.878. The fraction of sp³-hybridized carbons (Fsp3) is 0.455. The van der Waals surface area contributed by atoms with Gasteiger partial charge in [0.25, 0.3) is 0 Å². The molecule has 0 bridgehead atoms. The van der Waals surface area contributed by atoms with Crippen molar-refractivity contribution in [2.45, 2.75) is 26.4 Å². The molecule has 1 aromatic rings. The minimum atomic E-state index is -0.409. The first-order valence-electron chi connectivity index (χ1n) is 4.69. The third-order valence-corrected chi connectivity index (χ3v) is 3.68. The third-order valence-electron chi connectivity index (χ3n) is 2.47. The minimum absolute atomic E-state index is 0.267. The molecular weight excluding hydrogens is 263 g/mol. The molecule has 0 amide bonds. The largest absolute Gasteiger partial charge is 0.388 e. The summed E-state index contributed by atoms with van der Waals surface area (Å²) in [6, 6.07) is 5.54. The van der Waals surface area contributed by atoms with Crippen LogP contribution in [0, 0.1) is 5.92 Å². The molecule has 2 atom stereocenters. The van der Waals surface area contributed by atoms with Crippen molar-refractivity contribution in [3.05, 3.63) is 33.3 Å². The van der Waals surface area contributed by atoms with E-state index in [2.05, 4.69) is 22.9 Å². The van der Waals surface area contributed by atoms with E-state index in [0.717, 1.165) is 16.5 Å². The van der Waals surface area contributed by atoms with Crippen molar-refractivity contribution in [2.24, 2.45) is 5.92 Å². The second-order valence-corrected chi connectivity index (χ2v) is 4.77. The van der Waals surface area contributed by atoms with E-state index in [4.69, 9.17) is 11.6 Å². The third kappa shape index (κ3) is 2.72. The SMILES string of the molecule is CCC(C)C(O)c1ccc(Cl)c(Br)c1. The molecule has 0 aliphatic carbocycles. The van der Waals surface area contributed by atoms with Crippen LogP contribution in [-0.4, -0.2) is 5.11 Å². The number of aliphatic hydroxyl groups excluding tert-OH is 1. The molecule has 1 N–H and O–H groups in total. The van der Waals surface area contributed by atoms with Gasteiger partial charge < -0.3 is 5.11 Å². The van der Waals surface area contributed by atoms with Crippen molar-refractivity contribution in [3.63, 3.8) is 0 Å². The van der Waals surface area contributed by atoms with Gasteiger partial charge in [-0.3, -0.25) is 0 Å². The Labute approximate surface area is 98.2 Å². The number of benzene rings is 1. The van der Waals surface area contributed by atoms with Gasteiger partial charge in [-0.25, -0.2) is 0 Å². The predicted octanol–water partition coefficient (Wildman–Crippen LogP) is 4.18. The second-order valence-electron chi connectivity index (χ2n) is 3.50. The average Bonchev–Trinajstić information content (AvgIpc) is 2.20. The van der Waals surface area contributed by atoms with Gasteiger partial charge in [0.1, 0.15) is 0 Å². The first-order chi connectivity index (χ1) is 6.56. The molecule has 0 aromatic heterocycles. The summed E-state index contributed by atoms with van der Waals surface area (Å²) in [6.07, 6.45) is 0.551. The van der Waals surface area contributed by atoms with Crippen LogP contribution in [0.3, 0.4) is 0 Å². The molecule has 1 rings (SSSR count). The van der Waals surface area contributed by atoms with Crippen LogP contribution in [-0.2, 0) is 0 Å². The van der Waals surface area contributed by atoms with Crippen LogP contribution in [0.15, 0.2) is 22.7 Å². The lowest BCUT2D eigenvalue weighted by molar-refractivity contribution is 0.115. The molecule has 0 aliphatic heterocycles. The van der Waals surface area contributed by atoms with Crippen molar-refractivity contribution in [3.8, 4) is 0 Å². The number of halogens is 2. The second kappa shape index (κ2) is 5.15. The Morgan fingerprint density at radius 3 is 2.64 bits per heavy atom. The van der Waals surface area contributed by atoms with Crippen LogP contribution in [0.5, 0.6) is 0 Å². The van der Waals surface area contributed by atoms with Gasteiger partial charge in [-0.05, 0) is 39.5 Å². The highest BCUT2D eigenvalue weighted by atomic mass is 79.9. The zero-order chi connectivity index (χ0) is 10.7. The molecule has 0 fully saturated rings. The molecule has 3 heteroatoms. The number of hydrogen-bond acceptors (Lipinski definition) is 1. The maximum absolute atomic E-state index is 9.94. The number of rotatable bonds is 3. The zero-order valence-electron chi connectivity index (χ0n) is 8.30. The van der Waals surface area contributed by atoms with Crippen molar-refractivity contribution in [2.75, 3.05) is 0 Å². The summed E-state index contributed by atoms with van der Waals surface area (Å²) in [6.45, 7) is 4.10. The van der Waals surface area contributed by atoms with E-state index in [9.17, 15) is 5.11 Å². The van der Waals surface area contributed by atoms with Crippen LogP contribution in [0.2, 0.25) is 5.02 Å². The topological polar surface area (TPSA) is 20.2 Å². The first-order valence-corrected chi connectivity index (χ1v) is 5.86. The molecule has 78 valence electrons. The van der Waals surface area contributed by atoms with Crippen LogP contribution in [0.25, 0.3) is 0 Å². The molecule has 2 unspecified atom stereocenters. The van der Waals surface area contributed by atoms with Crippen LogP contribution in [0.4, 0.5) is 0 Å². The van der Waals surface area contributed by atoms with E-state index >= 15 is 0 Å². The van der Waals surface area contributed by atoms with E-state index in [1.807, 2.05) is 19.1 Å². The summed E-state index contributed by atoms with van der Waals surface area (Å²) >= 11 is 9.21. The van der Waals surface area contributed by atoms with E-state index < -0.39 is 6.10 Å². The monoisotopic (exact) mass is 276 g/mol. The molecule has 0 spiro atoms. The summed E-state index contributed by atoms with van der Waals surface area (Å²) in [7, 11) is 0. The van der Waals surface area contributed by atoms with Crippen molar-refractivity contribution in [1.29, 1.82) is 0 Å². The highest BCUT2D eigenvalue weighted by molar-refractivity contribution is 9.10. The molecule has 14 heavy (non-hydrogen) atoms. The van der Waals surface area contributed by atoms with E-state index in [0.29, 0.717) is 5.02 Å². The van der Waals surface area contributed by atoms with Crippen molar-refractivity contribution < 1.29 is 5.11 Å². The molecule has 0 radical (unpaired) electrons. The van der Waals surface area contributed by atoms with Gasteiger partial charge in [-0.2, -0.15) is 0 Å². The van der Waals surface area contributed by atoms with E-state index in [1.165, 1.54) is 0 Å². The van der Waals surface area contributed by atoms with Gasteiger partial charge in [-0.1, -0.05) is 37.9 Å². The summed E-state index contributed by atoms with van der Waals surface area (Å²) in [5.41, 5.74) is 0.913. The Morgan fingerprint density at radius 1 is 1.50 bits per heavy atom. The standard InChI is InChI=1S/C11H14BrClO/c1-3-7(2)11(14)8-4-5-10(13)9(12)6-8/h4-7,11,14H,3H2,1-2H3. The summed E-state index contributed by atoms with van der Waals surface area (Å²) < 4.78 is 0.832. The Hall–Kier alpha value is -0.0500. The van der Waals surface area contributed by atoms with Crippen LogP contribution in [0.1, 0.15) is 31.9 Å². The maximum Gasteiger partial charge on any atom is 0.0815 e. The Bertz CT molecular complexity index is 314. The average molecular weight is 278 g/mol. The molecule has 0 aliphatic rings. The fourth-order valence-electron chi connectivity index (χ4n) is 1.25. The van der Waals surface area contributed by atoms with Gasteiger partial charge in [0, 0.05) is 4.47 Å². The highest BCUT2D eigenvalue weighted by Crippen LogP contribution is 2.29. The van der Waals surface area contributed by atoms with Gasteiger partial charge in [0.2, 0.25) is 0 Å². The minimum Gasteiger partial charge on any atom is -0.388 e. The van der Waals surface area contributed by atoms with Crippen molar-refractivity contribution in [1.82, 2.24) is 0 Å². The lowest BCUT2D eigenvalue weighted by Crippen LogP contribution is -2.07. The molecule has 1 nitrogen and oxygen atoms in total. The van der Waals surface area contributed by atoms with Gasteiger partial charge in [0.15, 0.2) is 0 Å².